The zero-order chi connectivity index (χ0) is 13.4. The number of morpholine rings is 1. The van der Waals surface area contributed by atoms with Gasteiger partial charge in [-0.05, 0) is 11.6 Å². The molecule has 1 aliphatic rings. The van der Waals surface area contributed by atoms with Gasteiger partial charge in [0.1, 0.15) is 11.3 Å². The summed E-state index contributed by atoms with van der Waals surface area (Å²) in [5.74, 6) is -0.126. The molecule has 0 bridgehead atoms. The van der Waals surface area contributed by atoms with Gasteiger partial charge in [-0.25, -0.2) is 14.4 Å². The molecule has 0 spiro atoms. The minimum atomic E-state index is -0.682. The van der Waals surface area contributed by atoms with Gasteiger partial charge < -0.3 is 9.64 Å². The van der Waals surface area contributed by atoms with Gasteiger partial charge in [0.15, 0.2) is 11.0 Å². The molecule has 1 aliphatic heterocycles. The van der Waals surface area contributed by atoms with Crippen LogP contribution in [0.1, 0.15) is 0 Å². The van der Waals surface area contributed by atoms with Gasteiger partial charge >= 0.3 is 0 Å². The van der Waals surface area contributed by atoms with Crippen LogP contribution in [0.5, 0.6) is 0 Å². The van der Waals surface area contributed by atoms with Crippen LogP contribution in [0.25, 0.3) is 10.9 Å². The largest absolute Gasteiger partial charge is 0.378 e. The van der Waals surface area contributed by atoms with Gasteiger partial charge in [-0.15, -0.1) is 0 Å². The first-order valence-corrected chi connectivity index (χ1v) is 6.42. The van der Waals surface area contributed by atoms with Gasteiger partial charge in [0.25, 0.3) is 0 Å². The normalized spacial score (nSPS) is 16.1. The summed E-state index contributed by atoms with van der Waals surface area (Å²) in [5, 5.41) is 0.249. The van der Waals surface area contributed by atoms with E-state index in [-0.39, 0.29) is 16.0 Å². The van der Waals surface area contributed by atoms with Crippen molar-refractivity contribution in [2.45, 2.75) is 0 Å². The van der Waals surface area contributed by atoms with Gasteiger partial charge in [-0.2, -0.15) is 4.98 Å². The lowest BCUT2D eigenvalue weighted by Gasteiger charge is -2.28. The molecule has 8 heteroatoms. The maximum absolute atomic E-state index is 13.9. The van der Waals surface area contributed by atoms with Gasteiger partial charge in [-0.1, -0.05) is 11.6 Å². The smallest absolute Gasteiger partial charge is 0.225 e. The lowest BCUT2D eigenvalue weighted by Crippen LogP contribution is -2.37. The number of aromatic nitrogens is 3. The molecular weight excluding hydrogens is 294 g/mol. The van der Waals surface area contributed by atoms with Gasteiger partial charge in [0.05, 0.1) is 18.6 Å². The second-order valence-electron chi connectivity index (χ2n) is 4.04. The molecule has 100 valence electrons. The zero-order valence-electron chi connectivity index (χ0n) is 9.74. The first-order valence-electron chi connectivity index (χ1n) is 5.67. The van der Waals surface area contributed by atoms with E-state index in [0.29, 0.717) is 37.5 Å². The summed E-state index contributed by atoms with van der Waals surface area (Å²) >= 11 is 11.5. The average Bonchev–Trinajstić information content (AvgIpc) is 2.44. The number of halogens is 3. The molecule has 0 N–H and O–H groups in total. The summed E-state index contributed by atoms with van der Waals surface area (Å²) in [5.41, 5.74) is 0.0847. The standard InChI is InChI=1S/C11H9Cl2FN4O/c12-9-7(14)8-6(5-15-9)10(17-11(13)16-8)18-1-3-19-4-2-18/h5H,1-4H2. The number of fused-ring (bicyclic) bond motifs is 1. The molecule has 0 radical (unpaired) electrons. The molecule has 5 nitrogen and oxygen atoms in total. The second kappa shape index (κ2) is 5.03. The van der Waals surface area contributed by atoms with Crippen LogP contribution in [0.15, 0.2) is 6.20 Å². The fraction of sp³-hybridized carbons (Fsp3) is 0.364. The SMILES string of the molecule is Fc1c(Cl)ncc2c(N3CCOCC3)nc(Cl)nc12. The first kappa shape index (κ1) is 12.8. The summed E-state index contributed by atoms with van der Waals surface area (Å²) in [6, 6.07) is 0. The Morgan fingerprint density at radius 2 is 1.95 bits per heavy atom. The van der Waals surface area contributed by atoms with Crippen molar-refractivity contribution in [1.82, 2.24) is 15.0 Å². The Labute approximate surface area is 118 Å². The summed E-state index contributed by atoms with van der Waals surface area (Å²) in [4.78, 5) is 13.8. The average molecular weight is 303 g/mol. The molecule has 0 atom stereocenters. The second-order valence-corrected chi connectivity index (χ2v) is 4.74. The van der Waals surface area contributed by atoms with Crippen molar-refractivity contribution in [2.75, 3.05) is 31.2 Å². The van der Waals surface area contributed by atoms with Crippen molar-refractivity contribution >= 4 is 39.9 Å². The Morgan fingerprint density at radius 1 is 1.21 bits per heavy atom. The molecule has 3 heterocycles. The molecule has 2 aromatic rings. The molecule has 1 saturated heterocycles. The van der Waals surface area contributed by atoms with Crippen molar-refractivity contribution in [3.63, 3.8) is 0 Å². The number of rotatable bonds is 1. The van der Waals surface area contributed by atoms with Crippen LogP contribution in [0, 0.1) is 5.82 Å². The van der Waals surface area contributed by atoms with E-state index < -0.39 is 5.82 Å². The highest BCUT2D eigenvalue weighted by Crippen LogP contribution is 2.29. The van der Waals surface area contributed by atoms with Crippen LogP contribution in [-0.2, 0) is 4.74 Å². The molecule has 0 saturated carbocycles. The zero-order valence-corrected chi connectivity index (χ0v) is 11.2. The minimum absolute atomic E-state index is 0.0184. The number of hydrogen-bond donors (Lipinski definition) is 0. The number of hydrogen-bond acceptors (Lipinski definition) is 5. The Morgan fingerprint density at radius 3 is 2.68 bits per heavy atom. The van der Waals surface area contributed by atoms with Crippen LogP contribution >= 0.6 is 23.2 Å². The molecule has 0 unspecified atom stereocenters. The fourth-order valence-electron chi connectivity index (χ4n) is 2.01. The molecule has 1 fully saturated rings. The Bertz CT molecular complexity index is 634. The predicted molar refractivity (Wildman–Crippen MR) is 70.3 cm³/mol. The van der Waals surface area contributed by atoms with E-state index in [1.807, 2.05) is 4.90 Å². The number of ether oxygens (including phenoxy) is 1. The quantitative estimate of drug-likeness (QED) is 0.598. The van der Waals surface area contributed by atoms with E-state index >= 15 is 0 Å². The van der Waals surface area contributed by atoms with Crippen molar-refractivity contribution < 1.29 is 9.13 Å². The van der Waals surface area contributed by atoms with Crippen LogP contribution < -0.4 is 4.90 Å². The fourth-order valence-corrected chi connectivity index (χ4v) is 2.31. The van der Waals surface area contributed by atoms with E-state index in [1.54, 1.807) is 0 Å². The molecule has 19 heavy (non-hydrogen) atoms. The van der Waals surface area contributed by atoms with Gasteiger partial charge in [0, 0.05) is 19.3 Å². The Kier molecular flexibility index (Phi) is 3.38. The summed E-state index contributed by atoms with van der Waals surface area (Å²) in [6.07, 6.45) is 1.46. The van der Waals surface area contributed by atoms with E-state index in [2.05, 4.69) is 15.0 Å². The number of nitrogens with zero attached hydrogens (tertiary/aromatic N) is 4. The van der Waals surface area contributed by atoms with E-state index in [0.717, 1.165) is 0 Å². The maximum atomic E-state index is 13.9. The van der Waals surface area contributed by atoms with Crippen molar-refractivity contribution in [1.29, 1.82) is 0 Å². The van der Waals surface area contributed by atoms with Crippen LogP contribution in [0.4, 0.5) is 10.2 Å². The van der Waals surface area contributed by atoms with E-state index in [9.17, 15) is 4.39 Å². The third-order valence-corrected chi connectivity index (χ3v) is 3.34. The van der Waals surface area contributed by atoms with Crippen molar-refractivity contribution in [2.24, 2.45) is 0 Å². The third kappa shape index (κ3) is 2.31. The topological polar surface area (TPSA) is 51.1 Å². The van der Waals surface area contributed by atoms with E-state index in [4.69, 9.17) is 27.9 Å². The lowest BCUT2D eigenvalue weighted by molar-refractivity contribution is 0.122. The molecule has 0 amide bonds. The lowest BCUT2D eigenvalue weighted by atomic mass is 10.2. The molecular formula is C11H9Cl2FN4O. The third-order valence-electron chi connectivity index (χ3n) is 2.90. The molecule has 0 aromatic carbocycles. The maximum Gasteiger partial charge on any atom is 0.225 e. The highest BCUT2D eigenvalue weighted by Gasteiger charge is 2.20. The van der Waals surface area contributed by atoms with Gasteiger partial charge in [-0.3, -0.25) is 0 Å². The summed E-state index contributed by atoms with van der Waals surface area (Å²) < 4.78 is 19.2. The predicted octanol–water partition coefficient (Wildman–Crippen LogP) is 2.31. The molecule has 3 rings (SSSR count). The van der Waals surface area contributed by atoms with Crippen LogP contribution in [0.3, 0.4) is 0 Å². The van der Waals surface area contributed by atoms with Crippen LogP contribution in [-0.4, -0.2) is 41.3 Å². The number of anilines is 1. The monoisotopic (exact) mass is 302 g/mol. The molecule has 2 aromatic heterocycles. The van der Waals surface area contributed by atoms with Crippen LogP contribution in [0.2, 0.25) is 10.4 Å². The Balaban J connectivity index is 2.20. The van der Waals surface area contributed by atoms with Crippen molar-refractivity contribution in [3.8, 4) is 0 Å². The highest BCUT2D eigenvalue weighted by molar-refractivity contribution is 6.30. The van der Waals surface area contributed by atoms with E-state index in [1.165, 1.54) is 6.20 Å². The van der Waals surface area contributed by atoms with Crippen molar-refractivity contribution in [3.05, 3.63) is 22.5 Å². The summed E-state index contributed by atoms with van der Waals surface area (Å²) in [6.45, 7) is 2.50. The first-order chi connectivity index (χ1) is 9.16. The summed E-state index contributed by atoms with van der Waals surface area (Å²) in [7, 11) is 0. The Hall–Kier alpha value is -1.24. The number of pyridine rings is 1. The van der Waals surface area contributed by atoms with Gasteiger partial charge in [0.2, 0.25) is 5.28 Å². The molecule has 0 aliphatic carbocycles. The highest BCUT2D eigenvalue weighted by atomic mass is 35.5. The minimum Gasteiger partial charge on any atom is -0.378 e.